The number of hydrogen-bond acceptors (Lipinski definition) is 1. The molecule has 0 fully saturated rings. The normalized spacial score (nSPS) is 10.5. The molecule has 1 aromatic heterocycles. The molecular weight excluding hydrogens is 150 g/mol. The maximum Gasteiger partial charge on any atom is 0.123 e. The lowest BCUT2D eigenvalue weighted by Crippen LogP contribution is -1.86. The molecule has 2 nitrogen and oxygen atoms in total. The number of aryl methyl sites for hydroxylation is 1. The second-order valence-electron chi connectivity index (χ2n) is 2.89. The molecule has 0 atom stereocenters. The van der Waals surface area contributed by atoms with Crippen LogP contribution in [0.4, 0.5) is 0 Å². The molecule has 1 N–H and O–H groups in total. The standard InChI is InChI=1S/C10H11NO/c1-7-5-8-3-4-11-9(8)6-10(7)12-2/h3-6,11H,1-2H3. The lowest BCUT2D eigenvalue weighted by atomic mass is 10.1. The van der Waals surface area contributed by atoms with Crippen LogP contribution in [-0.4, -0.2) is 12.1 Å². The first-order valence-electron chi connectivity index (χ1n) is 3.93. The minimum Gasteiger partial charge on any atom is -0.496 e. The van der Waals surface area contributed by atoms with E-state index in [1.54, 1.807) is 7.11 Å². The van der Waals surface area contributed by atoms with E-state index in [0.29, 0.717) is 0 Å². The molecule has 0 amide bonds. The van der Waals surface area contributed by atoms with Gasteiger partial charge in [0.2, 0.25) is 0 Å². The molecule has 0 spiro atoms. The lowest BCUT2D eigenvalue weighted by Gasteiger charge is -2.03. The molecule has 0 aliphatic carbocycles. The van der Waals surface area contributed by atoms with E-state index in [2.05, 4.69) is 17.1 Å². The van der Waals surface area contributed by atoms with Crippen LogP contribution in [0.5, 0.6) is 5.75 Å². The number of rotatable bonds is 1. The third-order valence-electron chi connectivity index (χ3n) is 2.07. The number of ether oxygens (including phenoxy) is 1. The van der Waals surface area contributed by atoms with Gasteiger partial charge in [-0.25, -0.2) is 0 Å². The molecule has 0 radical (unpaired) electrons. The van der Waals surface area contributed by atoms with Gasteiger partial charge in [-0.3, -0.25) is 0 Å². The third-order valence-corrected chi connectivity index (χ3v) is 2.07. The molecule has 0 aliphatic heterocycles. The number of nitrogens with one attached hydrogen (secondary N) is 1. The van der Waals surface area contributed by atoms with Crippen molar-refractivity contribution in [1.82, 2.24) is 4.98 Å². The van der Waals surface area contributed by atoms with E-state index in [9.17, 15) is 0 Å². The summed E-state index contributed by atoms with van der Waals surface area (Å²) >= 11 is 0. The lowest BCUT2D eigenvalue weighted by molar-refractivity contribution is 0.412. The number of H-pyrrole nitrogens is 1. The second-order valence-corrected chi connectivity index (χ2v) is 2.89. The summed E-state index contributed by atoms with van der Waals surface area (Å²) in [4.78, 5) is 3.14. The van der Waals surface area contributed by atoms with E-state index in [4.69, 9.17) is 4.74 Å². The molecule has 2 aromatic rings. The van der Waals surface area contributed by atoms with Gasteiger partial charge in [-0.05, 0) is 30.0 Å². The van der Waals surface area contributed by atoms with Gasteiger partial charge in [-0.15, -0.1) is 0 Å². The summed E-state index contributed by atoms with van der Waals surface area (Å²) in [5, 5.41) is 1.23. The van der Waals surface area contributed by atoms with Crippen LogP contribution in [0, 0.1) is 6.92 Å². The predicted octanol–water partition coefficient (Wildman–Crippen LogP) is 2.48. The maximum atomic E-state index is 5.20. The first-order valence-corrected chi connectivity index (χ1v) is 3.93. The van der Waals surface area contributed by atoms with Crippen molar-refractivity contribution in [2.75, 3.05) is 7.11 Å². The zero-order valence-electron chi connectivity index (χ0n) is 7.22. The number of methoxy groups -OCH3 is 1. The van der Waals surface area contributed by atoms with Crippen molar-refractivity contribution in [2.24, 2.45) is 0 Å². The highest BCUT2D eigenvalue weighted by Crippen LogP contribution is 2.23. The smallest absolute Gasteiger partial charge is 0.123 e. The summed E-state index contributed by atoms with van der Waals surface area (Å²) in [6.07, 6.45) is 1.93. The number of fused-ring (bicyclic) bond motifs is 1. The van der Waals surface area contributed by atoms with Crippen molar-refractivity contribution in [2.45, 2.75) is 6.92 Å². The molecule has 0 saturated heterocycles. The van der Waals surface area contributed by atoms with Crippen LogP contribution in [0.25, 0.3) is 10.9 Å². The minimum absolute atomic E-state index is 0.935. The Morgan fingerprint density at radius 1 is 1.33 bits per heavy atom. The zero-order chi connectivity index (χ0) is 8.55. The molecule has 0 saturated carbocycles. The van der Waals surface area contributed by atoms with Crippen LogP contribution in [-0.2, 0) is 0 Å². The first kappa shape index (κ1) is 7.22. The SMILES string of the molecule is COc1cc2[nH]ccc2cc1C. The quantitative estimate of drug-likeness (QED) is 0.682. The first-order chi connectivity index (χ1) is 5.81. The Morgan fingerprint density at radius 2 is 2.17 bits per heavy atom. The van der Waals surface area contributed by atoms with Gasteiger partial charge in [0.15, 0.2) is 0 Å². The van der Waals surface area contributed by atoms with Crippen LogP contribution in [0.2, 0.25) is 0 Å². The van der Waals surface area contributed by atoms with Crippen molar-refractivity contribution in [3.63, 3.8) is 0 Å². The molecule has 0 bridgehead atoms. The Bertz CT molecular complexity index is 403. The highest BCUT2D eigenvalue weighted by Gasteiger charge is 2.00. The fraction of sp³-hybridized carbons (Fsp3) is 0.200. The largest absolute Gasteiger partial charge is 0.496 e. The van der Waals surface area contributed by atoms with Gasteiger partial charge < -0.3 is 9.72 Å². The average Bonchev–Trinajstić information content (AvgIpc) is 2.49. The number of hydrogen-bond donors (Lipinski definition) is 1. The maximum absolute atomic E-state index is 5.20. The van der Waals surface area contributed by atoms with E-state index < -0.39 is 0 Å². The van der Waals surface area contributed by atoms with E-state index in [0.717, 1.165) is 11.3 Å². The molecule has 1 heterocycles. The molecule has 1 aromatic carbocycles. The Labute approximate surface area is 71.2 Å². The minimum atomic E-state index is 0.935. The van der Waals surface area contributed by atoms with Gasteiger partial charge in [0.1, 0.15) is 5.75 Å². The summed E-state index contributed by atoms with van der Waals surface area (Å²) in [7, 11) is 1.69. The molecule has 0 aliphatic rings. The molecular formula is C10H11NO. The van der Waals surface area contributed by atoms with E-state index in [1.807, 2.05) is 19.2 Å². The Balaban J connectivity index is 2.73. The molecule has 2 rings (SSSR count). The van der Waals surface area contributed by atoms with Gasteiger partial charge in [0.25, 0.3) is 0 Å². The van der Waals surface area contributed by atoms with Crippen molar-refractivity contribution >= 4 is 10.9 Å². The fourth-order valence-corrected chi connectivity index (χ4v) is 1.41. The van der Waals surface area contributed by atoms with E-state index >= 15 is 0 Å². The van der Waals surface area contributed by atoms with Crippen LogP contribution >= 0.6 is 0 Å². The second kappa shape index (κ2) is 2.55. The summed E-state index contributed by atoms with van der Waals surface area (Å²) in [5.74, 6) is 0.935. The molecule has 62 valence electrons. The highest BCUT2D eigenvalue weighted by molar-refractivity contribution is 5.81. The number of aromatic nitrogens is 1. The van der Waals surface area contributed by atoms with Crippen molar-refractivity contribution in [1.29, 1.82) is 0 Å². The van der Waals surface area contributed by atoms with Crippen LogP contribution in [0.1, 0.15) is 5.56 Å². The van der Waals surface area contributed by atoms with Crippen LogP contribution in [0.3, 0.4) is 0 Å². The van der Waals surface area contributed by atoms with E-state index in [-0.39, 0.29) is 0 Å². The monoisotopic (exact) mass is 161 g/mol. The molecule has 12 heavy (non-hydrogen) atoms. The van der Waals surface area contributed by atoms with Crippen molar-refractivity contribution in [3.05, 3.63) is 30.0 Å². The van der Waals surface area contributed by atoms with Gasteiger partial charge in [0.05, 0.1) is 7.11 Å². The number of benzene rings is 1. The van der Waals surface area contributed by atoms with Crippen molar-refractivity contribution < 1.29 is 4.74 Å². The van der Waals surface area contributed by atoms with E-state index in [1.165, 1.54) is 10.9 Å². The van der Waals surface area contributed by atoms with Gasteiger partial charge >= 0.3 is 0 Å². The fourth-order valence-electron chi connectivity index (χ4n) is 1.41. The summed E-state index contributed by atoms with van der Waals surface area (Å²) in [6.45, 7) is 2.05. The van der Waals surface area contributed by atoms with Gasteiger partial charge in [-0.1, -0.05) is 0 Å². The van der Waals surface area contributed by atoms with Crippen molar-refractivity contribution in [3.8, 4) is 5.75 Å². The molecule has 2 heteroatoms. The van der Waals surface area contributed by atoms with Gasteiger partial charge in [-0.2, -0.15) is 0 Å². The Morgan fingerprint density at radius 3 is 2.92 bits per heavy atom. The summed E-state index contributed by atoms with van der Waals surface area (Å²) in [6, 6.07) is 6.19. The number of aromatic amines is 1. The zero-order valence-corrected chi connectivity index (χ0v) is 7.22. The Hall–Kier alpha value is -1.44. The average molecular weight is 161 g/mol. The predicted molar refractivity (Wildman–Crippen MR) is 49.6 cm³/mol. The summed E-state index contributed by atoms with van der Waals surface area (Å²) in [5.41, 5.74) is 2.29. The van der Waals surface area contributed by atoms with Gasteiger partial charge in [0, 0.05) is 17.8 Å². The van der Waals surface area contributed by atoms with Crippen LogP contribution in [0.15, 0.2) is 24.4 Å². The topological polar surface area (TPSA) is 25.0 Å². The highest BCUT2D eigenvalue weighted by atomic mass is 16.5. The molecule has 0 unspecified atom stereocenters. The summed E-state index contributed by atoms with van der Waals surface area (Å²) < 4.78 is 5.20. The Kier molecular flexibility index (Phi) is 1.54. The van der Waals surface area contributed by atoms with Crippen LogP contribution < -0.4 is 4.74 Å². The third kappa shape index (κ3) is 0.961.